The van der Waals surface area contributed by atoms with Crippen molar-refractivity contribution >= 4 is 38.6 Å². The van der Waals surface area contributed by atoms with E-state index in [4.69, 9.17) is 0 Å². The third-order valence-electron chi connectivity index (χ3n) is 3.81. The van der Waals surface area contributed by atoms with Crippen LogP contribution in [0.4, 0.5) is 0 Å². The molecular formula is C15H19N3O3S3. The molecule has 3 N–H and O–H groups in total. The number of sulfonamides is 1. The third-order valence-corrected chi connectivity index (χ3v) is 7.18. The van der Waals surface area contributed by atoms with Crippen molar-refractivity contribution in [3.05, 3.63) is 38.7 Å². The first-order chi connectivity index (χ1) is 11.6. The first-order valence-electron chi connectivity index (χ1n) is 7.67. The fourth-order valence-electron chi connectivity index (χ4n) is 2.56. The molecule has 130 valence electrons. The number of thiophene rings is 2. The fraction of sp³-hybridized carbons (Fsp3) is 0.400. The molecule has 6 nitrogen and oxygen atoms in total. The maximum Gasteiger partial charge on any atom is 0.262 e. The van der Waals surface area contributed by atoms with Crippen LogP contribution in [0.15, 0.2) is 33.9 Å². The number of nitrogens with one attached hydrogen (secondary N) is 3. The van der Waals surface area contributed by atoms with Gasteiger partial charge in [0.25, 0.3) is 5.91 Å². The number of hydrogen-bond donors (Lipinski definition) is 3. The molecule has 1 atom stereocenters. The van der Waals surface area contributed by atoms with E-state index in [-0.39, 0.29) is 28.3 Å². The normalized spacial score (nSPS) is 17.9. The third kappa shape index (κ3) is 4.22. The molecule has 24 heavy (non-hydrogen) atoms. The standard InChI is InChI=1S/C15H19N3O3S3/c19-15(17-9-11-3-1-6-16-11)14-13(5-8-23-14)24(20,21)18-10-12-4-2-7-22-12/h2,4-5,7-8,11,16,18H,1,3,6,9-10H2,(H,17,19). The summed E-state index contributed by atoms with van der Waals surface area (Å²) in [6.07, 6.45) is 2.13. The highest BCUT2D eigenvalue weighted by molar-refractivity contribution is 7.89. The lowest BCUT2D eigenvalue weighted by atomic mass is 10.2. The van der Waals surface area contributed by atoms with Gasteiger partial charge < -0.3 is 10.6 Å². The van der Waals surface area contributed by atoms with E-state index < -0.39 is 10.0 Å². The van der Waals surface area contributed by atoms with Crippen molar-refractivity contribution in [2.45, 2.75) is 30.3 Å². The van der Waals surface area contributed by atoms with Crippen LogP contribution in [-0.4, -0.2) is 33.5 Å². The molecule has 3 rings (SSSR count). The summed E-state index contributed by atoms with van der Waals surface area (Å²) in [6, 6.07) is 5.48. The molecule has 9 heteroatoms. The number of hydrogen-bond acceptors (Lipinski definition) is 6. The second-order valence-electron chi connectivity index (χ2n) is 5.52. The van der Waals surface area contributed by atoms with Crippen LogP contribution in [0.25, 0.3) is 0 Å². The Kier molecular flexibility index (Phi) is 5.67. The van der Waals surface area contributed by atoms with Crippen LogP contribution in [0.3, 0.4) is 0 Å². The molecule has 1 unspecified atom stereocenters. The maximum atomic E-state index is 12.5. The average Bonchev–Trinajstić information content (AvgIpc) is 3.33. The first kappa shape index (κ1) is 17.6. The largest absolute Gasteiger partial charge is 0.350 e. The summed E-state index contributed by atoms with van der Waals surface area (Å²) in [5.41, 5.74) is 0. The summed E-state index contributed by atoms with van der Waals surface area (Å²) in [6.45, 7) is 1.70. The first-order valence-corrected chi connectivity index (χ1v) is 10.9. The highest BCUT2D eigenvalue weighted by Gasteiger charge is 2.24. The van der Waals surface area contributed by atoms with Crippen LogP contribution in [0.1, 0.15) is 27.4 Å². The topological polar surface area (TPSA) is 87.3 Å². The summed E-state index contributed by atoms with van der Waals surface area (Å²) in [5.74, 6) is -0.338. The van der Waals surface area contributed by atoms with E-state index in [1.165, 1.54) is 17.4 Å². The van der Waals surface area contributed by atoms with Crippen molar-refractivity contribution in [3.63, 3.8) is 0 Å². The molecule has 0 saturated carbocycles. The molecule has 0 aliphatic carbocycles. The van der Waals surface area contributed by atoms with Crippen molar-refractivity contribution in [1.29, 1.82) is 0 Å². The smallest absolute Gasteiger partial charge is 0.262 e. The lowest BCUT2D eigenvalue weighted by Gasteiger charge is -2.12. The van der Waals surface area contributed by atoms with Crippen LogP contribution in [0.5, 0.6) is 0 Å². The van der Waals surface area contributed by atoms with Gasteiger partial charge in [-0.2, -0.15) is 0 Å². The minimum Gasteiger partial charge on any atom is -0.350 e. The number of carbonyl (C=O) groups excluding carboxylic acids is 1. The lowest BCUT2D eigenvalue weighted by Crippen LogP contribution is -2.37. The minimum absolute atomic E-state index is 0.0425. The zero-order valence-corrected chi connectivity index (χ0v) is 15.4. The Bertz CT molecular complexity index is 778. The van der Waals surface area contributed by atoms with Crippen molar-refractivity contribution in [2.75, 3.05) is 13.1 Å². The van der Waals surface area contributed by atoms with E-state index in [1.54, 1.807) is 5.38 Å². The van der Waals surface area contributed by atoms with E-state index in [0.717, 1.165) is 35.6 Å². The van der Waals surface area contributed by atoms with E-state index in [9.17, 15) is 13.2 Å². The Labute approximate surface area is 149 Å². The van der Waals surface area contributed by atoms with Crippen LogP contribution >= 0.6 is 22.7 Å². The quantitative estimate of drug-likeness (QED) is 0.678. The molecular weight excluding hydrogens is 366 g/mol. The predicted octanol–water partition coefficient (Wildman–Crippen LogP) is 1.77. The molecule has 1 aliphatic rings. The second kappa shape index (κ2) is 7.75. The van der Waals surface area contributed by atoms with Crippen molar-refractivity contribution < 1.29 is 13.2 Å². The van der Waals surface area contributed by atoms with Gasteiger partial charge in [-0.15, -0.1) is 22.7 Å². The van der Waals surface area contributed by atoms with E-state index >= 15 is 0 Å². The molecule has 0 radical (unpaired) electrons. The van der Waals surface area contributed by atoms with Gasteiger partial charge in [-0.3, -0.25) is 4.79 Å². The van der Waals surface area contributed by atoms with Crippen molar-refractivity contribution in [3.8, 4) is 0 Å². The van der Waals surface area contributed by atoms with Gasteiger partial charge in [0.1, 0.15) is 9.77 Å². The molecule has 1 amide bonds. The van der Waals surface area contributed by atoms with Gasteiger partial charge in [-0.05, 0) is 42.3 Å². The van der Waals surface area contributed by atoms with Gasteiger partial charge >= 0.3 is 0 Å². The molecule has 0 aromatic carbocycles. The van der Waals surface area contributed by atoms with E-state index in [0.29, 0.717) is 6.54 Å². The molecule has 0 spiro atoms. The van der Waals surface area contributed by atoms with Gasteiger partial charge in [-0.1, -0.05) is 6.07 Å². The number of carbonyl (C=O) groups is 1. The lowest BCUT2D eigenvalue weighted by molar-refractivity contribution is 0.0951. The van der Waals surface area contributed by atoms with Gasteiger partial charge in [0, 0.05) is 24.0 Å². The van der Waals surface area contributed by atoms with Gasteiger partial charge in [0.15, 0.2) is 0 Å². The Hall–Kier alpha value is -1.26. The zero-order chi connectivity index (χ0) is 17.0. The van der Waals surface area contributed by atoms with E-state index in [2.05, 4.69) is 15.4 Å². The molecule has 3 heterocycles. The van der Waals surface area contributed by atoms with Crippen LogP contribution < -0.4 is 15.4 Å². The van der Waals surface area contributed by atoms with Crippen LogP contribution in [-0.2, 0) is 16.6 Å². The minimum atomic E-state index is -3.72. The Balaban J connectivity index is 1.65. The summed E-state index contributed by atoms with van der Waals surface area (Å²) >= 11 is 2.62. The van der Waals surface area contributed by atoms with Gasteiger partial charge in [0.2, 0.25) is 10.0 Å². The zero-order valence-electron chi connectivity index (χ0n) is 12.9. The van der Waals surface area contributed by atoms with E-state index in [1.807, 2.05) is 17.5 Å². The highest BCUT2D eigenvalue weighted by Crippen LogP contribution is 2.22. The van der Waals surface area contributed by atoms with Crippen molar-refractivity contribution in [1.82, 2.24) is 15.4 Å². The SMILES string of the molecule is O=C(NCC1CCCN1)c1sccc1S(=O)(=O)NCc1cccs1. The highest BCUT2D eigenvalue weighted by atomic mass is 32.2. The molecule has 1 aliphatic heterocycles. The van der Waals surface area contributed by atoms with Crippen LogP contribution in [0.2, 0.25) is 0 Å². The second-order valence-corrected chi connectivity index (χ2v) is 9.20. The Morgan fingerprint density at radius 3 is 2.88 bits per heavy atom. The molecule has 2 aromatic heterocycles. The predicted molar refractivity (Wildman–Crippen MR) is 96.0 cm³/mol. The fourth-order valence-corrected chi connectivity index (χ4v) is 5.64. The monoisotopic (exact) mass is 385 g/mol. The molecule has 1 saturated heterocycles. The maximum absolute atomic E-state index is 12.5. The molecule has 1 fully saturated rings. The Morgan fingerprint density at radius 1 is 1.29 bits per heavy atom. The van der Waals surface area contributed by atoms with Gasteiger partial charge in [0.05, 0.1) is 0 Å². The number of amides is 1. The summed E-state index contributed by atoms with van der Waals surface area (Å²) in [5, 5.41) is 9.65. The molecule has 0 bridgehead atoms. The summed E-state index contributed by atoms with van der Waals surface area (Å²) in [4.78, 5) is 13.5. The number of rotatable bonds is 7. The summed E-state index contributed by atoms with van der Waals surface area (Å²) in [7, 11) is -3.72. The Morgan fingerprint density at radius 2 is 2.17 bits per heavy atom. The molecule has 2 aromatic rings. The summed E-state index contributed by atoms with van der Waals surface area (Å²) < 4.78 is 27.5. The van der Waals surface area contributed by atoms with Gasteiger partial charge in [-0.25, -0.2) is 13.1 Å². The average molecular weight is 386 g/mol. The van der Waals surface area contributed by atoms with Crippen molar-refractivity contribution in [2.24, 2.45) is 0 Å². The van der Waals surface area contributed by atoms with Crippen LogP contribution in [0, 0.1) is 0 Å².